The van der Waals surface area contributed by atoms with Crippen molar-refractivity contribution in [2.24, 2.45) is 0 Å². The van der Waals surface area contributed by atoms with Crippen LogP contribution < -0.4 is 5.32 Å². The van der Waals surface area contributed by atoms with E-state index < -0.39 is 41.3 Å². The van der Waals surface area contributed by atoms with Crippen LogP contribution in [0.25, 0.3) is 0 Å². The third-order valence-corrected chi connectivity index (χ3v) is 1.62. The van der Waals surface area contributed by atoms with Crippen molar-refractivity contribution in [2.75, 3.05) is 5.32 Å². The first-order valence-electron chi connectivity index (χ1n) is 3.97. The van der Waals surface area contributed by atoms with Gasteiger partial charge in [-0.1, -0.05) is 0 Å². The van der Waals surface area contributed by atoms with Gasteiger partial charge in [-0.05, 0) is 0 Å². The summed E-state index contributed by atoms with van der Waals surface area (Å²) in [5.41, 5.74) is -1.11. The molecule has 0 fully saturated rings. The molecule has 3 nitrogen and oxygen atoms in total. The molecule has 0 saturated heterocycles. The molecule has 0 heterocycles. The van der Waals surface area contributed by atoms with E-state index in [0.29, 0.717) is 0 Å². The van der Waals surface area contributed by atoms with Gasteiger partial charge in [-0.15, -0.1) is 0 Å². The number of carbonyl (C=O) groups excluding carboxylic acids is 1. The quantitative estimate of drug-likeness (QED) is 0.482. The fraction of sp³-hybridized carbons (Fsp3) is 0.111. The lowest BCUT2D eigenvalue weighted by molar-refractivity contribution is -0.115. The van der Waals surface area contributed by atoms with Crippen LogP contribution in [0.4, 0.5) is 23.2 Å². The maximum absolute atomic E-state index is 13.0. The molecule has 1 aromatic rings. The third-order valence-electron chi connectivity index (χ3n) is 1.62. The van der Waals surface area contributed by atoms with Gasteiger partial charge in [-0.3, -0.25) is 4.79 Å². The minimum Gasteiger partial charge on any atom is -0.320 e. The Labute approximate surface area is 87.3 Å². The molecule has 84 valence electrons. The van der Waals surface area contributed by atoms with Crippen LogP contribution in [0.2, 0.25) is 0 Å². The number of nitrogens with zero attached hydrogens (tertiary/aromatic N) is 1. The van der Waals surface area contributed by atoms with Crippen molar-refractivity contribution in [1.29, 1.82) is 5.26 Å². The Morgan fingerprint density at radius 2 is 1.88 bits per heavy atom. The Morgan fingerprint density at radius 3 is 2.44 bits per heavy atom. The van der Waals surface area contributed by atoms with Gasteiger partial charge < -0.3 is 5.32 Å². The van der Waals surface area contributed by atoms with Crippen molar-refractivity contribution in [3.8, 4) is 6.07 Å². The van der Waals surface area contributed by atoms with Crippen molar-refractivity contribution in [1.82, 2.24) is 0 Å². The van der Waals surface area contributed by atoms with Crippen LogP contribution in [0.5, 0.6) is 0 Å². The topological polar surface area (TPSA) is 52.9 Å². The number of hydrogen-bond acceptors (Lipinski definition) is 2. The maximum atomic E-state index is 13.0. The average Bonchev–Trinajstić information content (AvgIpc) is 2.22. The molecule has 1 rings (SSSR count). The molecular weight excluding hydrogens is 228 g/mol. The van der Waals surface area contributed by atoms with Crippen LogP contribution in [-0.4, -0.2) is 5.91 Å². The molecule has 0 aliphatic carbocycles. The second-order valence-corrected chi connectivity index (χ2v) is 2.73. The Bertz CT molecular complexity index is 481. The second kappa shape index (κ2) is 4.61. The van der Waals surface area contributed by atoms with E-state index in [1.165, 1.54) is 6.07 Å². The third kappa shape index (κ3) is 2.28. The van der Waals surface area contributed by atoms with E-state index in [4.69, 9.17) is 5.26 Å². The van der Waals surface area contributed by atoms with Gasteiger partial charge in [-0.25, -0.2) is 17.6 Å². The van der Waals surface area contributed by atoms with Gasteiger partial charge in [0.2, 0.25) is 5.91 Å². The molecule has 0 saturated carbocycles. The molecule has 0 unspecified atom stereocenters. The highest BCUT2D eigenvalue weighted by Crippen LogP contribution is 2.23. The van der Waals surface area contributed by atoms with E-state index in [-0.39, 0.29) is 6.07 Å². The van der Waals surface area contributed by atoms with Crippen LogP contribution in [0.1, 0.15) is 6.42 Å². The Balaban J connectivity index is 3.11. The molecule has 0 aliphatic heterocycles. The molecule has 0 aromatic heterocycles. The molecule has 1 aromatic carbocycles. The lowest BCUT2D eigenvalue weighted by Gasteiger charge is -2.06. The first-order chi connectivity index (χ1) is 7.47. The first-order valence-corrected chi connectivity index (χ1v) is 3.97. The van der Waals surface area contributed by atoms with Crippen LogP contribution >= 0.6 is 0 Å². The summed E-state index contributed by atoms with van der Waals surface area (Å²) in [6, 6.07) is 1.53. The predicted octanol–water partition coefficient (Wildman–Crippen LogP) is 2.10. The minimum atomic E-state index is -1.89. The van der Waals surface area contributed by atoms with Gasteiger partial charge in [0.25, 0.3) is 0 Å². The first kappa shape index (κ1) is 12.0. The zero-order chi connectivity index (χ0) is 12.3. The van der Waals surface area contributed by atoms with Crippen LogP contribution in [0.15, 0.2) is 6.07 Å². The second-order valence-electron chi connectivity index (χ2n) is 2.73. The number of anilines is 1. The molecule has 0 radical (unpaired) electrons. The summed E-state index contributed by atoms with van der Waals surface area (Å²) in [5.74, 6) is -7.92. The highest BCUT2D eigenvalue weighted by Gasteiger charge is 2.20. The zero-order valence-electron chi connectivity index (χ0n) is 7.65. The Morgan fingerprint density at radius 1 is 1.25 bits per heavy atom. The van der Waals surface area contributed by atoms with E-state index in [1.54, 1.807) is 5.32 Å². The van der Waals surface area contributed by atoms with E-state index in [9.17, 15) is 22.4 Å². The number of carbonyl (C=O) groups is 1. The summed E-state index contributed by atoms with van der Waals surface area (Å²) in [4.78, 5) is 10.8. The number of nitriles is 1. The van der Waals surface area contributed by atoms with Crippen LogP contribution in [-0.2, 0) is 4.79 Å². The van der Waals surface area contributed by atoms with Crippen molar-refractivity contribution < 1.29 is 22.4 Å². The molecule has 0 atom stereocenters. The van der Waals surface area contributed by atoms with E-state index in [2.05, 4.69) is 0 Å². The lowest BCUT2D eigenvalue weighted by atomic mass is 10.2. The highest BCUT2D eigenvalue weighted by atomic mass is 19.2. The predicted molar refractivity (Wildman–Crippen MR) is 45.1 cm³/mol. The number of hydrogen-bond donors (Lipinski definition) is 1. The van der Waals surface area contributed by atoms with E-state index in [0.717, 1.165) is 0 Å². The van der Waals surface area contributed by atoms with Gasteiger partial charge in [0.15, 0.2) is 23.3 Å². The number of benzene rings is 1. The summed E-state index contributed by atoms with van der Waals surface area (Å²) in [5, 5.41) is 9.75. The fourth-order valence-electron chi connectivity index (χ4n) is 0.936. The van der Waals surface area contributed by atoms with Gasteiger partial charge in [0.1, 0.15) is 12.1 Å². The SMILES string of the molecule is N#CCC(=O)Nc1c(F)cc(F)c(F)c1F. The van der Waals surface area contributed by atoms with Crippen LogP contribution in [0.3, 0.4) is 0 Å². The molecule has 1 amide bonds. The molecule has 0 aliphatic rings. The van der Waals surface area contributed by atoms with Crippen molar-refractivity contribution in [3.05, 3.63) is 29.3 Å². The summed E-state index contributed by atoms with van der Waals surface area (Å²) in [7, 11) is 0. The van der Waals surface area contributed by atoms with Gasteiger partial charge >= 0.3 is 0 Å². The minimum absolute atomic E-state index is 0.0976. The molecular formula is C9H4F4N2O. The number of amides is 1. The van der Waals surface area contributed by atoms with Crippen molar-refractivity contribution >= 4 is 11.6 Å². The average molecular weight is 232 g/mol. The standard InChI is InChI=1S/C9H4F4N2O/c10-4-3-5(11)9(8(13)7(4)12)15-6(16)1-2-14/h3H,1H2,(H,15,16). The number of rotatable bonds is 2. The normalized spacial score (nSPS) is 9.69. The summed E-state index contributed by atoms with van der Waals surface area (Å²) < 4.78 is 51.1. The summed E-state index contributed by atoms with van der Waals surface area (Å²) in [6.07, 6.45) is -0.655. The van der Waals surface area contributed by atoms with Crippen molar-refractivity contribution in [2.45, 2.75) is 6.42 Å². The number of halogens is 4. The van der Waals surface area contributed by atoms with E-state index >= 15 is 0 Å². The monoisotopic (exact) mass is 232 g/mol. The van der Waals surface area contributed by atoms with Gasteiger partial charge in [0.05, 0.1) is 6.07 Å². The fourth-order valence-corrected chi connectivity index (χ4v) is 0.936. The molecule has 1 N–H and O–H groups in total. The zero-order valence-corrected chi connectivity index (χ0v) is 7.65. The smallest absolute Gasteiger partial charge is 0.238 e. The van der Waals surface area contributed by atoms with Gasteiger partial charge in [0, 0.05) is 6.07 Å². The molecule has 0 bridgehead atoms. The van der Waals surface area contributed by atoms with Crippen LogP contribution in [0, 0.1) is 34.6 Å². The Kier molecular flexibility index (Phi) is 3.45. The maximum Gasteiger partial charge on any atom is 0.238 e. The lowest BCUT2D eigenvalue weighted by Crippen LogP contribution is -2.14. The molecule has 16 heavy (non-hydrogen) atoms. The van der Waals surface area contributed by atoms with Gasteiger partial charge in [-0.2, -0.15) is 5.26 Å². The van der Waals surface area contributed by atoms with E-state index in [1.807, 2.05) is 0 Å². The molecule has 7 heteroatoms. The summed E-state index contributed by atoms with van der Waals surface area (Å²) >= 11 is 0. The largest absolute Gasteiger partial charge is 0.320 e. The molecule has 0 spiro atoms. The number of nitrogens with one attached hydrogen (secondary N) is 1. The summed E-state index contributed by atoms with van der Waals surface area (Å²) in [6.45, 7) is 0. The van der Waals surface area contributed by atoms with Crippen molar-refractivity contribution in [3.63, 3.8) is 0 Å². The highest BCUT2D eigenvalue weighted by molar-refractivity contribution is 5.92. The Hall–Kier alpha value is -2.10.